The van der Waals surface area contributed by atoms with Gasteiger partial charge in [-0.1, -0.05) is 20.3 Å². The first-order valence-corrected chi connectivity index (χ1v) is 4.90. The second kappa shape index (κ2) is 3.44. The Balaban J connectivity index is 4.00. The van der Waals surface area contributed by atoms with E-state index < -0.39 is 0 Å². The van der Waals surface area contributed by atoms with Gasteiger partial charge in [-0.3, -0.25) is 11.2 Å². The molecule has 0 atom stereocenters. The monoisotopic (exact) mass is 135 g/mol. The third-order valence-electron chi connectivity index (χ3n) is 0.989. The zero-order chi connectivity index (χ0) is 5.86. The topological polar surface area (TPSA) is 0 Å². The average molecular weight is 135 g/mol. The minimum Gasteiger partial charge on any atom is -0.413 e. The van der Waals surface area contributed by atoms with Crippen LogP contribution in [0.2, 0.25) is 0 Å². The van der Waals surface area contributed by atoms with Crippen LogP contribution in [0.3, 0.4) is 0 Å². The van der Waals surface area contributed by atoms with E-state index in [4.69, 9.17) is 11.2 Å². The zero-order valence-electron chi connectivity index (χ0n) is 5.02. The normalized spacial score (nSPS) is 16.1. The quantitative estimate of drug-likeness (QED) is 0.386. The van der Waals surface area contributed by atoms with Crippen molar-refractivity contribution in [1.82, 2.24) is 0 Å². The van der Waals surface area contributed by atoms with Gasteiger partial charge in [0, 0.05) is 0 Å². The molecule has 0 spiro atoms. The van der Waals surface area contributed by atoms with Crippen LogP contribution in [-0.4, -0.2) is 11.1 Å². The molecule has 0 radical (unpaired) electrons. The van der Waals surface area contributed by atoms with E-state index in [-0.39, 0.29) is 9.04 Å². The summed E-state index contributed by atoms with van der Waals surface area (Å²) < 4.78 is 0. The summed E-state index contributed by atoms with van der Waals surface area (Å²) in [6.07, 6.45) is 3.22. The summed E-state index contributed by atoms with van der Waals surface area (Å²) in [5, 5.41) is 0. The highest BCUT2D eigenvalue weighted by atomic mass is 32.8. The lowest BCUT2D eigenvalue weighted by Gasteiger charge is -2.02. The third-order valence-corrected chi connectivity index (χ3v) is 3.11. The van der Waals surface area contributed by atoms with Gasteiger partial charge in [-0.15, -0.1) is 6.26 Å². The molecule has 0 heterocycles. The molecule has 0 amide bonds. The van der Waals surface area contributed by atoms with Gasteiger partial charge < -0.3 is 9.04 Å². The van der Waals surface area contributed by atoms with Gasteiger partial charge in [-0.25, -0.2) is 0 Å². The minimum atomic E-state index is 0.140. The van der Waals surface area contributed by atoms with E-state index in [1.165, 1.54) is 4.86 Å². The van der Waals surface area contributed by atoms with Crippen LogP contribution >= 0.6 is 0 Å². The maximum absolute atomic E-state index is 4.99. The highest BCUT2D eigenvalue weighted by Gasteiger charge is 1.66. The summed E-state index contributed by atoms with van der Waals surface area (Å²) in [6, 6.07) is 0. The largest absolute Gasteiger partial charge is 0.413 e. The van der Waals surface area contributed by atoms with Crippen LogP contribution in [0.1, 0.15) is 20.3 Å². The first-order chi connectivity index (χ1) is 3.18. The van der Waals surface area contributed by atoms with Gasteiger partial charge in [0.25, 0.3) is 0 Å². The predicted molar refractivity (Wildman–Crippen MR) is 41.6 cm³/mol. The van der Waals surface area contributed by atoms with E-state index in [0.29, 0.717) is 0 Å². The van der Waals surface area contributed by atoms with Crippen LogP contribution in [0.15, 0.2) is 0 Å². The van der Waals surface area contributed by atoms with Crippen molar-refractivity contribution in [1.29, 1.82) is 0 Å². The fraction of sp³-hybridized carbons (Fsp3) is 0.800. The van der Waals surface area contributed by atoms with Crippen LogP contribution in [0.4, 0.5) is 0 Å². The molecule has 0 bridgehead atoms. The standard InChI is InChI=1S/C5H11S2/c1-4-5(2)7(3)6/h4H2,1-3H3/q-1. The Morgan fingerprint density at radius 2 is 2.14 bits per heavy atom. The first-order valence-electron chi connectivity index (χ1n) is 2.34. The van der Waals surface area contributed by atoms with Crippen LogP contribution in [0, 0.1) is 0 Å². The Bertz CT molecular complexity index is 118. The van der Waals surface area contributed by atoms with Crippen LogP contribution in [0.25, 0.3) is 0 Å². The summed E-state index contributed by atoms with van der Waals surface area (Å²) in [5.74, 6) is 0. The van der Waals surface area contributed by atoms with E-state index in [1.54, 1.807) is 0 Å². The molecule has 0 aliphatic heterocycles. The molecule has 0 rings (SSSR count). The van der Waals surface area contributed by atoms with E-state index >= 15 is 0 Å². The molecule has 0 aliphatic carbocycles. The van der Waals surface area contributed by atoms with Gasteiger partial charge in [0.05, 0.1) is 0 Å². The molecule has 0 unspecified atom stereocenters. The van der Waals surface area contributed by atoms with Crippen LogP contribution < -0.4 is 0 Å². The molecule has 44 valence electrons. The molecule has 0 aromatic rings. The summed E-state index contributed by atoms with van der Waals surface area (Å²) in [6.45, 7) is 4.27. The van der Waals surface area contributed by atoms with Crippen LogP contribution in [0.5, 0.6) is 0 Å². The Morgan fingerprint density at radius 1 is 1.71 bits per heavy atom. The van der Waals surface area contributed by atoms with Crippen molar-refractivity contribution < 1.29 is 0 Å². The van der Waals surface area contributed by atoms with Crippen molar-refractivity contribution in [3.8, 4) is 0 Å². The van der Waals surface area contributed by atoms with E-state index in [2.05, 4.69) is 20.1 Å². The molecule has 7 heavy (non-hydrogen) atoms. The Labute approximate surface area is 52.1 Å². The number of hydrogen-bond donors (Lipinski definition) is 0. The maximum atomic E-state index is 4.99. The smallest absolute Gasteiger partial charge is 0.0584 e. The van der Waals surface area contributed by atoms with Gasteiger partial charge in [-0.2, -0.15) is 4.86 Å². The minimum absolute atomic E-state index is 0.140. The summed E-state index contributed by atoms with van der Waals surface area (Å²) in [4.78, 5) is 1.44. The Kier molecular flexibility index (Phi) is 3.66. The van der Waals surface area contributed by atoms with Crippen molar-refractivity contribution in [2.45, 2.75) is 20.3 Å². The number of hydrogen-bond acceptors (Lipinski definition) is 2. The molecule has 2 heteroatoms. The van der Waals surface area contributed by atoms with Crippen LogP contribution in [-0.2, 0) is 20.2 Å². The first kappa shape index (κ1) is 7.44. The van der Waals surface area contributed by atoms with Crippen molar-refractivity contribution >= 4 is 25.1 Å². The second-order valence-electron chi connectivity index (χ2n) is 1.51. The second-order valence-corrected chi connectivity index (χ2v) is 4.61. The lowest BCUT2D eigenvalue weighted by molar-refractivity contribution is 1.31. The SMILES string of the molecule is CCC(C)=[S-](C)=S. The highest BCUT2D eigenvalue weighted by Crippen LogP contribution is 1.79. The van der Waals surface area contributed by atoms with Gasteiger partial charge in [0.2, 0.25) is 0 Å². The van der Waals surface area contributed by atoms with E-state index in [0.717, 1.165) is 6.42 Å². The zero-order valence-corrected chi connectivity index (χ0v) is 6.66. The summed E-state index contributed by atoms with van der Waals surface area (Å²) in [7, 11) is 0.140. The van der Waals surface area contributed by atoms with Crippen molar-refractivity contribution in [3.05, 3.63) is 0 Å². The van der Waals surface area contributed by atoms with E-state index in [9.17, 15) is 0 Å². The van der Waals surface area contributed by atoms with Crippen molar-refractivity contribution in [2.75, 3.05) is 6.26 Å². The summed E-state index contributed by atoms with van der Waals surface area (Å²) >= 11 is 4.99. The fourth-order valence-corrected chi connectivity index (χ4v) is 0.963. The lowest BCUT2D eigenvalue weighted by atomic mass is 10.4. The third kappa shape index (κ3) is 3.06. The fourth-order valence-electron chi connectivity index (χ4n) is 0.203. The highest BCUT2D eigenvalue weighted by molar-refractivity contribution is 8.27. The Hall–Kier alpha value is 0.440. The summed E-state index contributed by atoms with van der Waals surface area (Å²) in [5.41, 5.74) is 0. The maximum Gasteiger partial charge on any atom is -0.0584 e. The Morgan fingerprint density at radius 3 is 2.14 bits per heavy atom. The van der Waals surface area contributed by atoms with Gasteiger partial charge in [0.15, 0.2) is 0 Å². The molecular weight excluding hydrogens is 124 g/mol. The molecular formula is C5H11S2-. The molecule has 0 aromatic carbocycles. The molecule has 0 N–H and O–H groups in total. The molecule has 0 nitrogen and oxygen atoms in total. The molecule has 0 fully saturated rings. The predicted octanol–water partition coefficient (Wildman–Crippen LogP) is 1.30. The molecule has 0 saturated heterocycles. The van der Waals surface area contributed by atoms with Crippen molar-refractivity contribution in [2.24, 2.45) is 0 Å². The molecule has 0 aliphatic rings. The van der Waals surface area contributed by atoms with Crippen molar-refractivity contribution in [3.63, 3.8) is 0 Å². The van der Waals surface area contributed by atoms with Gasteiger partial charge in [-0.05, 0) is 0 Å². The van der Waals surface area contributed by atoms with Gasteiger partial charge >= 0.3 is 0 Å². The van der Waals surface area contributed by atoms with E-state index in [1.807, 2.05) is 0 Å². The lowest BCUT2D eigenvalue weighted by Crippen LogP contribution is -1.89. The average Bonchev–Trinajstić information content (AvgIpc) is 1.65. The molecule has 0 saturated carbocycles. The number of rotatable bonds is 1. The van der Waals surface area contributed by atoms with Gasteiger partial charge in [0.1, 0.15) is 0 Å². The molecule has 0 aromatic heterocycles.